The SMILES string of the molecule is CC(CCN(C)Cc1cccc(Cl)c1)C1CCCNC1. The van der Waals surface area contributed by atoms with E-state index in [1.807, 2.05) is 12.1 Å². The molecule has 112 valence electrons. The van der Waals surface area contributed by atoms with Crippen LogP contribution >= 0.6 is 11.6 Å². The van der Waals surface area contributed by atoms with Gasteiger partial charge >= 0.3 is 0 Å². The number of hydrogen-bond acceptors (Lipinski definition) is 2. The molecule has 1 N–H and O–H groups in total. The number of nitrogens with zero attached hydrogens (tertiary/aromatic N) is 1. The predicted octanol–water partition coefficient (Wildman–Crippen LogP) is 3.80. The van der Waals surface area contributed by atoms with Gasteiger partial charge in [0.1, 0.15) is 0 Å². The third kappa shape index (κ3) is 5.08. The fourth-order valence-corrected chi connectivity index (χ4v) is 3.26. The zero-order chi connectivity index (χ0) is 14.4. The van der Waals surface area contributed by atoms with Crippen molar-refractivity contribution in [2.45, 2.75) is 32.7 Å². The standard InChI is InChI=1S/C17H27ClN2/c1-14(16-6-4-9-19-12-16)8-10-20(2)13-15-5-3-7-17(18)11-15/h3,5,7,11,14,16,19H,4,6,8-10,12-13H2,1-2H3. The highest BCUT2D eigenvalue weighted by molar-refractivity contribution is 6.30. The Hall–Kier alpha value is -0.570. The van der Waals surface area contributed by atoms with Crippen molar-refractivity contribution in [3.8, 4) is 0 Å². The predicted molar refractivity (Wildman–Crippen MR) is 87.2 cm³/mol. The van der Waals surface area contributed by atoms with Crippen molar-refractivity contribution >= 4 is 11.6 Å². The lowest BCUT2D eigenvalue weighted by Crippen LogP contribution is -2.34. The summed E-state index contributed by atoms with van der Waals surface area (Å²) in [6.07, 6.45) is 4.02. The molecule has 0 spiro atoms. The number of benzene rings is 1. The van der Waals surface area contributed by atoms with Gasteiger partial charge in [-0.3, -0.25) is 0 Å². The second-order valence-corrected chi connectivity index (χ2v) is 6.68. The van der Waals surface area contributed by atoms with Crippen LogP contribution in [0, 0.1) is 11.8 Å². The largest absolute Gasteiger partial charge is 0.316 e. The number of hydrogen-bond donors (Lipinski definition) is 1. The van der Waals surface area contributed by atoms with Crippen molar-refractivity contribution in [3.63, 3.8) is 0 Å². The average molecular weight is 295 g/mol. The zero-order valence-corrected chi connectivity index (χ0v) is 13.5. The Morgan fingerprint density at radius 1 is 1.45 bits per heavy atom. The molecule has 1 aliphatic heterocycles. The van der Waals surface area contributed by atoms with E-state index in [0.717, 1.165) is 29.9 Å². The van der Waals surface area contributed by atoms with Crippen molar-refractivity contribution in [3.05, 3.63) is 34.9 Å². The lowest BCUT2D eigenvalue weighted by Gasteiger charge is -2.29. The Bertz CT molecular complexity index is 402. The summed E-state index contributed by atoms with van der Waals surface area (Å²) in [5, 5.41) is 4.35. The second kappa shape index (κ2) is 8.02. The summed E-state index contributed by atoms with van der Waals surface area (Å²) in [7, 11) is 2.20. The molecule has 0 aliphatic carbocycles. The Kier molecular flexibility index (Phi) is 6.34. The summed E-state index contributed by atoms with van der Waals surface area (Å²) >= 11 is 6.03. The summed E-state index contributed by atoms with van der Waals surface area (Å²) in [6.45, 7) is 6.96. The Labute approximate surface area is 128 Å². The molecule has 20 heavy (non-hydrogen) atoms. The number of nitrogens with one attached hydrogen (secondary N) is 1. The molecule has 2 nitrogen and oxygen atoms in total. The van der Waals surface area contributed by atoms with Crippen LogP contribution in [0.2, 0.25) is 5.02 Å². The zero-order valence-electron chi connectivity index (χ0n) is 12.7. The van der Waals surface area contributed by atoms with Crippen LogP contribution in [0.4, 0.5) is 0 Å². The third-order valence-corrected chi connectivity index (χ3v) is 4.68. The lowest BCUT2D eigenvalue weighted by molar-refractivity contribution is 0.229. The molecule has 2 atom stereocenters. The third-order valence-electron chi connectivity index (χ3n) is 4.45. The van der Waals surface area contributed by atoms with Gasteiger partial charge in [0, 0.05) is 11.6 Å². The number of piperidine rings is 1. The van der Waals surface area contributed by atoms with Crippen LogP contribution in [0.3, 0.4) is 0 Å². The second-order valence-electron chi connectivity index (χ2n) is 6.24. The number of rotatable bonds is 6. The van der Waals surface area contributed by atoms with Gasteiger partial charge in [0.2, 0.25) is 0 Å². The van der Waals surface area contributed by atoms with E-state index in [4.69, 9.17) is 11.6 Å². The normalized spacial score (nSPS) is 21.1. The van der Waals surface area contributed by atoms with Gasteiger partial charge in [0.05, 0.1) is 0 Å². The molecular formula is C17H27ClN2. The van der Waals surface area contributed by atoms with Gasteiger partial charge < -0.3 is 10.2 Å². The first-order valence-electron chi connectivity index (χ1n) is 7.79. The smallest absolute Gasteiger partial charge is 0.0409 e. The minimum Gasteiger partial charge on any atom is -0.316 e. The topological polar surface area (TPSA) is 15.3 Å². The molecule has 3 heteroatoms. The van der Waals surface area contributed by atoms with E-state index in [0.29, 0.717) is 0 Å². The maximum atomic E-state index is 6.03. The minimum absolute atomic E-state index is 0.810. The Morgan fingerprint density at radius 3 is 3.00 bits per heavy atom. The molecule has 0 saturated carbocycles. The first-order chi connectivity index (χ1) is 9.65. The van der Waals surface area contributed by atoms with Crippen molar-refractivity contribution in [2.24, 2.45) is 11.8 Å². The highest BCUT2D eigenvalue weighted by atomic mass is 35.5. The molecule has 2 unspecified atom stereocenters. The van der Waals surface area contributed by atoms with Crippen LogP contribution in [-0.4, -0.2) is 31.6 Å². The van der Waals surface area contributed by atoms with E-state index < -0.39 is 0 Å². The van der Waals surface area contributed by atoms with E-state index in [1.54, 1.807) is 0 Å². The van der Waals surface area contributed by atoms with Crippen molar-refractivity contribution in [2.75, 3.05) is 26.7 Å². The van der Waals surface area contributed by atoms with Gasteiger partial charge in [-0.15, -0.1) is 0 Å². The first-order valence-corrected chi connectivity index (χ1v) is 8.16. The first kappa shape index (κ1) is 15.8. The van der Waals surface area contributed by atoms with Gasteiger partial charge in [-0.2, -0.15) is 0 Å². The maximum absolute atomic E-state index is 6.03. The molecule has 1 aliphatic rings. The fourth-order valence-electron chi connectivity index (χ4n) is 3.05. The van der Waals surface area contributed by atoms with Crippen LogP contribution < -0.4 is 5.32 Å². The van der Waals surface area contributed by atoms with Crippen LogP contribution in [-0.2, 0) is 6.54 Å². The van der Waals surface area contributed by atoms with E-state index in [1.165, 1.54) is 37.9 Å². The van der Waals surface area contributed by atoms with Crippen LogP contribution in [0.5, 0.6) is 0 Å². The summed E-state index contributed by atoms with van der Waals surface area (Å²) in [5.74, 6) is 1.67. The van der Waals surface area contributed by atoms with Gasteiger partial charge in [-0.05, 0) is 75.5 Å². The molecule has 0 amide bonds. The molecule has 1 aromatic carbocycles. The summed E-state index contributed by atoms with van der Waals surface area (Å²) < 4.78 is 0. The van der Waals surface area contributed by atoms with E-state index >= 15 is 0 Å². The van der Waals surface area contributed by atoms with E-state index in [2.05, 4.69) is 36.3 Å². The summed E-state index contributed by atoms with van der Waals surface area (Å²) in [5.41, 5.74) is 1.30. The molecule has 2 rings (SSSR count). The quantitative estimate of drug-likeness (QED) is 0.858. The molecule has 1 fully saturated rings. The molecule has 1 saturated heterocycles. The fraction of sp³-hybridized carbons (Fsp3) is 0.647. The Morgan fingerprint density at radius 2 is 2.30 bits per heavy atom. The van der Waals surface area contributed by atoms with Gasteiger partial charge in [-0.1, -0.05) is 30.7 Å². The van der Waals surface area contributed by atoms with Gasteiger partial charge in [-0.25, -0.2) is 0 Å². The monoisotopic (exact) mass is 294 g/mol. The van der Waals surface area contributed by atoms with Gasteiger partial charge in [0.25, 0.3) is 0 Å². The molecule has 1 aromatic rings. The maximum Gasteiger partial charge on any atom is 0.0409 e. The molecule has 1 heterocycles. The molecular weight excluding hydrogens is 268 g/mol. The van der Waals surface area contributed by atoms with E-state index in [9.17, 15) is 0 Å². The number of halogens is 1. The van der Waals surface area contributed by atoms with E-state index in [-0.39, 0.29) is 0 Å². The van der Waals surface area contributed by atoms with Crippen LogP contribution in [0.15, 0.2) is 24.3 Å². The van der Waals surface area contributed by atoms with Crippen molar-refractivity contribution < 1.29 is 0 Å². The summed E-state index contributed by atoms with van der Waals surface area (Å²) in [6, 6.07) is 8.18. The summed E-state index contributed by atoms with van der Waals surface area (Å²) in [4.78, 5) is 2.40. The Balaban J connectivity index is 1.72. The highest BCUT2D eigenvalue weighted by Gasteiger charge is 2.19. The molecule has 0 radical (unpaired) electrons. The minimum atomic E-state index is 0.810. The van der Waals surface area contributed by atoms with Crippen molar-refractivity contribution in [1.29, 1.82) is 0 Å². The van der Waals surface area contributed by atoms with Crippen molar-refractivity contribution in [1.82, 2.24) is 10.2 Å². The van der Waals surface area contributed by atoms with Crippen LogP contribution in [0.1, 0.15) is 31.7 Å². The van der Waals surface area contributed by atoms with Gasteiger partial charge in [0.15, 0.2) is 0 Å². The molecule has 0 aromatic heterocycles. The average Bonchev–Trinajstić information content (AvgIpc) is 2.46. The van der Waals surface area contributed by atoms with Crippen LogP contribution in [0.25, 0.3) is 0 Å². The highest BCUT2D eigenvalue weighted by Crippen LogP contribution is 2.22. The molecule has 0 bridgehead atoms. The lowest BCUT2D eigenvalue weighted by atomic mass is 9.85.